The number of nitrogen functional groups attached to an aromatic ring is 1. The Balaban J connectivity index is 2.40. The molecule has 1 aliphatic heterocycles. The van der Waals surface area contributed by atoms with Gasteiger partial charge in [0.2, 0.25) is 0 Å². The van der Waals surface area contributed by atoms with Gasteiger partial charge in [0, 0.05) is 23.8 Å². The van der Waals surface area contributed by atoms with Gasteiger partial charge in [-0.15, -0.1) is 0 Å². The largest absolute Gasteiger partial charge is 0.384 e. The highest BCUT2D eigenvalue weighted by molar-refractivity contribution is 6.00. The SMILES string of the molecule is Cc1ccc(C(=N)N)c(N2CCCCCC2C)c1. The van der Waals surface area contributed by atoms with Crippen LogP contribution < -0.4 is 10.6 Å². The quantitative estimate of drug-likeness (QED) is 0.621. The van der Waals surface area contributed by atoms with Crippen LogP contribution in [0.4, 0.5) is 5.69 Å². The molecule has 1 atom stereocenters. The van der Waals surface area contributed by atoms with Crippen molar-refractivity contribution >= 4 is 11.5 Å². The molecule has 1 fully saturated rings. The number of nitrogens with zero attached hydrogens (tertiary/aromatic N) is 1. The Morgan fingerprint density at radius 1 is 1.33 bits per heavy atom. The Labute approximate surface area is 109 Å². The summed E-state index contributed by atoms with van der Waals surface area (Å²) in [5, 5.41) is 7.74. The molecule has 1 unspecified atom stereocenters. The van der Waals surface area contributed by atoms with Crippen LogP contribution in [-0.2, 0) is 0 Å². The Hall–Kier alpha value is -1.51. The summed E-state index contributed by atoms with van der Waals surface area (Å²) in [5.41, 5.74) is 8.95. The maximum Gasteiger partial charge on any atom is 0.124 e. The minimum Gasteiger partial charge on any atom is -0.384 e. The second-order valence-electron chi connectivity index (χ2n) is 5.33. The molecule has 1 aromatic carbocycles. The number of rotatable bonds is 2. The molecular weight excluding hydrogens is 222 g/mol. The third kappa shape index (κ3) is 2.66. The molecule has 0 radical (unpaired) electrons. The van der Waals surface area contributed by atoms with Crippen LogP contribution in [-0.4, -0.2) is 18.4 Å². The van der Waals surface area contributed by atoms with Crippen LogP contribution in [0.5, 0.6) is 0 Å². The summed E-state index contributed by atoms with van der Waals surface area (Å²) in [5.74, 6) is 0.168. The maximum absolute atomic E-state index is 7.74. The van der Waals surface area contributed by atoms with E-state index in [9.17, 15) is 0 Å². The number of anilines is 1. The average molecular weight is 245 g/mol. The summed E-state index contributed by atoms with van der Waals surface area (Å²) in [7, 11) is 0. The second-order valence-corrected chi connectivity index (χ2v) is 5.33. The smallest absolute Gasteiger partial charge is 0.124 e. The summed E-state index contributed by atoms with van der Waals surface area (Å²) >= 11 is 0. The molecule has 18 heavy (non-hydrogen) atoms. The van der Waals surface area contributed by atoms with E-state index in [1.807, 2.05) is 12.1 Å². The van der Waals surface area contributed by atoms with Crippen LogP contribution in [0.15, 0.2) is 18.2 Å². The first-order valence-electron chi connectivity index (χ1n) is 6.81. The van der Waals surface area contributed by atoms with Crippen molar-refractivity contribution in [2.24, 2.45) is 5.73 Å². The van der Waals surface area contributed by atoms with Crippen molar-refractivity contribution in [3.63, 3.8) is 0 Å². The lowest BCUT2D eigenvalue weighted by Gasteiger charge is -2.31. The molecule has 0 saturated carbocycles. The van der Waals surface area contributed by atoms with Crippen LogP contribution >= 0.6 is 0 Å². The molecule has 0 aromatic heterocycles. The van der Waals surface area contributed by atoms with Crippen molar-refractivity contribution in [1.82, 2.24) is 0 Å². The molecule has 3 nitrogen and oxygen atoms in total. The van der Waals surface area contributed by atoms with Crippen LogP contribution in [0.25, 0.3) is 0 Å². The van der Waals surface area contributed by atoms with Gasteiger partial charge in [-0.3, -0.25) is 5.41 Å². The molecule has 1 saturated heterocycles. The lowest BCUT2D eigenvalue weighted by Crippen LogP contribution is -2.34. The highest BCUT2D eigenvalue weighted by atomic mass is 15.2. The van der Waals surface area contributed by atoms with E-state index in [4.69, 9.17) is 11.1 Å². The van der Waals surface area contributed by atoms with Gasteiger partial charge in [-0.1, -0.05) is 18.9 Å². The van der Waals surface area contributed by atoms with Crippen molar-refractivity contribution in [3.8, 4) is 0 Å². The van der Waals surface area contributed by atoms with E-state index in [0.29, 0.717) is 6.04 Å². The molecule has 1 aliphatic rings. The Kier molecular flexibility index (Phi) is 3.90. The van der Waals surface area contributed by atoms with E-state index in [-0.39, 0.29) is 5.84 Å². The normalized spacial score (nSPS) is 20.6. The molecular formula is C15H23N3. The highest BCUT2D eigenvalue weighted by Crippen LogP contribution is 2.28. The van der Waals surface area contributed by atoms with Gasteiger partial charge >= 0.3 is 0 Å². The molecule has 3 N–H and O–H groups in total. The zero-order valence-corrected chi connectivity index (χ0v) is 11.4. The van der Waals surface area contributed by atoms with Crippen LogP contribution in [0, 0.1) is 12.3 Å². The van der Waals surface area contributed by atoms with Crippen molar-refractivity contribution < 1.29 is 0 Å². The summed E-state index contributed by atoms with van der Waals surface area (Å²) in [4.78, 5) is 2.43. The third-order valence-electron chi connectivity index (χ3n) is 3.81. The van der Waals surface area contributed by atoms with Crippen LogP contribution in [0.3, 0.4) is 0 Å². The lowest BCUT2D eigenvalue weighted by atomic mass is 10.1. The first kappa shape index (κ1) is 12.9. The Morgan fingerprint density at radius 2 is 2.11 bits per heavy atom. The molecule has 0 spiro atoms. The maximum atomic E-state index is 7.74. The predicted octanol–water partition coefficient (Wildman–Crippen LogP) is 3.05. The molecule has 3 heteroatoms. The van der Waals surface area contributed by atoms with Gasteiger partial charge < -0.3 is 10.6 Å². The van der Waals surface area contributed by atoms with Crippen molar-refractivity contribution in [1.29, 1.82) is 5.41 Å². The average Bonchev–Trinajstić information content (AvgIpc) is 2.53. The van der Waals surface area contributed by atoms with Gasteiger partial charge in [0.1, 0.15) is 5.84 Å². The van der Waals surface area contributed by atoms with Crippen molar-refractivity contribution in [3.05, 3.63) is 29.3 Å². The van der Waals surface area contributed by atoms with Gasteiger partial charge in [0.15, 0.2) is 0 Å². The zero-order valence-electron chi connectivity index (χ0n) is 11.4. The van der Waals surface area contributed by atoms with Gasteiger partial charge in [0.25, 0.3) is 0 Å². The number of aryl methyl sites for hydroxylation is 1. The van der Waals surface area contributed by atoms with E-state index in [2.05, 4.69) is 24.8 Å². The van der Waals surface area contributed by atoms with Crippen LogP contribution in [0.2, 0.25) is 0 Å². The van der Waals surface area contributed by atoms with E-state index in [0.717, 1.165) is 17.8 Å². The minimum atomic E-state index is 0.168. The standard InChI is InChI=1S/C15H23N3/c1-11-7-8-13(15(16)17)14(10-11)18-9-5-3-4-6-12(18)2/h7-8,10,12H,3-6,9H2,1-2H3,(H3,16,17). The van der Waals surface area contributed by atoms with E-state index < -0.39 is 0 Å². The predicted molar refractivity (Wildman–Crippen MR) is 77.5 cm³/mol. The molecule has 0 amide bonds. The molecule has 1 aromatic rings. The fourth-order valence-electron chi connectivity index (χ4n) is 2.74. The molecule has 1 heterocycles. The fraction of sp³-hybridized carbons (Fsp3) is 0.533. The number of hydrogen-bond acceptors (Lipinski definition) is 2. The minimum absolute atomic E-state index is 0.168. The first-order valence-corrected chi connectivity index (χ1v) is 6.81. The fourth-order valence-corrected chi connectivity index (χ4v) is 2.74. The molecule has 0 aliphatic carbocycles. The number of hydrogen-bond donors (Lipinski definition) is 2. The topological polar surface area (TPSA) is 53.1 Å². The Morgan fingerprint density at radius 3 is 2.83 bits per heavy atom. The van der Waals surface area contributed by atoms with E-state index >= 15 is 0 Å². The molecule has 2 rings (SSSR count). The summed E-state index contributed by atoms with van der Waals surface area (Å²) in [6, 6.07) is 6.71. The number of nitrogens with one attached hydrogen (secondary N) is 1. The van der Waals surface area contributed by atoms with Gasteiger partial charge in [-0.25, -0.2) is 0 Å². The highest BCUT2D eigenvalue weighted by Gasteiger charge is 2.20. The lowest BCUT2D eigenvalue weighted by molar-refractivity contribution is 0.616. The second kappa shape index (κ2) is 5.42. The van der Waals surface area contributed by atoms with Gasteiger partial charge in [-0.05, 0) is 44.4 Å². The zero-order chi connectivity index (χ0) is 13.1. The van der Waals surface area contributed by atoms with E-state index in [1.54, 1.807) is 0 Å². The van der Waals surface area contributed by atoms with Crippen LogP contribution in [0.1, 0.15) is 43.7 Å². The summed E-state index contributed by atoms with van der Waals surface area (Å²) in [6.45, 7) is 5.44. The number of nitrogens with two attached hydrogens (primary N) is 1. The van der Waals surface area contributed by atoms with Gasteiger partial charge in [-0.2, -0.15) is 0 Å². The first-order chi connectivity index (χ1) is 8.59. The number of amidine groups is 1. The monoisotopic (exact) mass is 245 g/mol. The molecule has 98 valence electrons. The van der Waals surface area contributed by atoms with E-state index in [1.165, 1.54) is 31.2 Å². The summed E-state index contributed by atoms with van der Waals surface area (Å²) < 4.78 is 0. The molecule has 0 bridgehead atoms. The Bertz CT molecular complexity index is 439. The van der Waals surface area contributed by atoms with Crippen molar-refractivity contribution in [2.45, 2.75) is 45.6 Å². The van der Waals surface area contributed by atoms with Crippen molar-refractivity contribution in [2.75, 3.05) is 11.4 Å². The number of benzene rings is 1. The third-order valence-corrected chi connectivity index (χ3v) is 3.81. The summed E-state index contributed by atoms with van der Waals surface area (Å²) in [6.07, 6.45) is 5.07. The van der Waals surface area contributed by atoms with Gasteiger partial charge in [0.05, 0.1) is 0 Å².